The second-order valence-corrected chi connectivity index (χ2v) is 7.66. The minimum Gasteiger partial charge on any atom is -0.382 e. The van der Waals surface area contributed by atoms with E-state index in [9.17, 15) is 13.2 Å². The molecular formula is C11H16BrN3O3S. The molecule has 106 valence electrons. The molecule has 0 saturated carbocycles. The van der Waals surface area contributed by atoms with E-state index >= 15 is 0 Å². The standard InChI is InChI=1S/C11H16BrN3O3S/c1-2-15-11(16)10(12)9(6-14-15)13-5-8-3-4-19(17,18)7-8/h6,8,13H,2-5,7H2,1H3. The Labute approximate surface area is 120 Å². The zero-order chi connectivity index (χ0) is 14.0. The third-order valence-corrected chi connectivity index (χ3v) is 5.80. The SMILES string of the molecule is CCn1ncc(NCC2CCS(=O)(=O)C2)c(Br)c1=O. The number of halogens is 1. The Balaban J connectivity index is 2.05. The molecule has 1 aromatic heterocycles. The summed E-state index contributed by atoms with van der Waals surface area (Å²) in [6.45, 7) is 2.89. The highest BCUT2D eigenvalue weighted by atomic mass is 79.9. The van der Waals surface area contributed by atoms with Gasteiger partial charge in [0, 0.05) is 13.1 Å². The molecule has 0 amide bonds. The summed E-state index contributed by atoms with van der Waals surface area (Å²) in [6, 6.07) is 0. The van der Waals surface area contributed by atoms with Gasteiger partial charge in [-0.2, -0.15) is 5.10 Å². The van der Waals surface area contributed by atoms with E-state index in [-0.39, 0.29) is 23.0 Å². The van der Waals surface area contributed by atoms with Crippen LogP contribution in [-0.4, -0.2) is 36.2 Å². The summed E-state index contributed by atoms with van der Waals surface area (Å²) < 4.78 is 24.5. The van der Waals surface area contributed by atoms with E-state index < -0.39 is 9.84 Å². The lowest BCUT2D eigenvalue weighted by Gasteiger charge is -2.12. The minimum atomic E-state index is -2.86. The Morgan fingerprint density at radius 1 is 1.58 bits per heavy atom. The van der Waals surface area contributed by atoms with Gasteiger partial charge < -0.3 is 5.32 Å². The van der Waals surface area contributed by atoms with Crippen molar-refractivity contribution in [1.29, 1.82) is 0 Å². The van der Waals surface area contributed by atoms with Gasteiger partial charge in [0.25, 0.3) is 5.56 Å². The first-order valence-electron chi connectivity index (χ1n) is 6.13. The number of nitrogens with one attached hydrogen (secondary N) is 1. The van der Waals surface area contributed by atoms with Crippen LogP contribution in [0.5, 0.6) is 0 Å². The zero-order valence-electron chi connectivity index (χ0n) is 10.6. The zero-order valence-corrected chi connectivity index (χ0v) is 13.0. The summed E-state index contributed by atoms with van der Waals surface area (Å²) in [5, 5.41) is 7.12. The van der Waals surface area contributed by atoms with Crippen LogP contribution in [0.3, 0.4) is 0 Å². The highest BCUT2D eigenvalue weighted by Gasteiger charge is 2.27. The summed E-state index contributed by atoms with van der Waals surface area (Å²) in [4.78, 5) is 11.8. The Morgan fingerprint density at radius 2 is 2.32 bits per heavy atom. The van der Waals surface area contributed by atoms with Crippen molar-refractivity contribution < 1.29 is 8.42 Å². The van der Waals surface area contributed by atoms with Gasteiger partial charge in [-0.3, -0.25) is 4.79 Å². The molecule has 0 bridgehead atoms. The van der Waals surface area contributed by atoms with E-state index in [4.69, 9.17) is 0 Å². The maximum absolute atomic E-state index is 11.8. The number of rotatable bonds is 4. The molecule has 19 heavy (non-hydrogen) atoms. The molecule has 0 aliphatic carbocycles. The van der Waals surface area contributed by atoms with E-state index in [0.29, 0.717) is 29.7 Å². The summed E-state index contributed by atoms with van der Waals surface area (Å²) in [5.41, 5.74) is 0.422. The molecule has 0 aromatic carbocycles. The third-order valence-electron chi connectivity index (χ3n) is 3.19. The van der Waals surface area contributed by atoms with Crippen molar-refractivity contribution in [2.45, 2.75) is 19.9 Å². The summed E-state index contributed by atoms with van der Waals surface area (Å²) in [5.74, 6) is 0.582. The van der Waals surface area contributed by atoms with Gasteiger partial charge in [0.2, 0.25) is 0 Å². The lowest BCUT2D eigenvalue weighted by molar-refractivity contribution is 0.594. The average molecular weight is 350 g/mol. The molecule has 1 unspecified atom stereocenters. The van der Waals surface area contributed by atoms with Crippen molar-refractivity contribution in [2.24, 2.45) is 5.92 Å². The second kappa shape index (κ2) is 5.62. The molecule has 1 aliphatic rings. The van der Waals surface area contributed by atoms with Gasteiger partial charge in [-0.05, 0) is 35.2 Å². The first-order chi connectivity index (χ1) is 8.93. The minimum absolute atomic E-state index is 0.102. The van der Waals surface area contributed by atoms with Crippen LogP contribution in [0.15, 0.2) is 15.5 Å². The molecule has 2 heterocycles. The number of anilines is 1. The van der Waals surface area contributed by atoms with Crippen LogP contribution in [0.25, 0.3) is 0 Å². The maximum atomic E-state index is 11.8. The molecule has 1 fully saturated rings. The highest BCUT2D eigenvalue weighted by Crippen LogP contribution is 2.21. The van der Waals surface area contributed by atoms with Gasteiger partial charge in [-0.1, -0.05) is 0 Å². The molecule has 0 spiro atoms. The molecule has 0 radical (unpaired) electrons. The molecule has 1 saturated heterocycles. The number of sulfone groups is 1. The van der Waals surface area contributed by atoms with Crippen LogP contribution in [0, 0.1) is 5.92 Å². The van der Waals surface area contributed by atoms with Crippen molar-refractivity contribution in [3.8, 4) is 0 Å². The second-order valence-electron chi connectivity index (χ2n) is 4.64. The van der Waals surface area contributed by atoms with Gasteiger partial charge in [0.05, 0.1) is 23.4 Å². The van der Waals surface area contributed by atoms with Crippen molar-refractivity contribution in [3.63, 3.8) is 0 Å². The lowest BCUT2D eigenvalue weighted by Crippen LogP contribution is -2.24. The van der Waals surface area contributed by atoms with Crippen LogP contribution in [-0.2, 0) is 16.4 Å². The number of hydrogen-bond donors (Lipinski definition) is 1. The normalized spacial score (nSPS) is 21.5. The predicted molar refractivity (Wildman–Crippen MR) is 77.1 cm³/mol. The maximum Gasteiger partial charge on any atom is 0.283 e. The smallest absolute Gasteiger partial charge is 0.283 e. The Hall–Kier alpha value is -0.890. The highest BCUT2D eigenvalue weighted by molar-refractivity contribution is 9.10. The van der Waals surface area contributed by atoms with E-state index in [2.05, 4.69) is 26.3 Å². The molecule has 1 atom stereocenters. The van der Waals surface area contributed by atoms with Crippen molar-refractivity contribution in [2.75, 3.05) is 23.4 Å². The lowest BCUT2D eigenvalue weighted by atomic mass is 10.1. The van der Waals surface area contributed by atoms with Crippen LogP contribution in [0.4, 0.5) is 5.69 Å². The third kappa shape index (κ3) is 3.36. The van der Waals surface area contributed by atoms with Crippen LogP contribution in [0.2, 0.25) is 0 Å². The summed E-state index contributed by atoms with van der Waals surface area (Å²) in [6.07, 6.45) is 2.25. The van der Waals surface area contributed by atoms with Crippen LogP contribution < -0.4 is 10.9 Å². The molecule has 8 heteroatoms. The number of nitrogens with zero attached hydrogens (tertiary/aromatic N) is 2. The monoisotopic (exact) mass is 349 g/mol. The number of aryl methyl sites for hydroxylation is 1. The van der Waals surface area contributed by atoms with E-state index in [1.165, 1.54) is 4.68 Å². The van der Waals surface area contributed by atoms with Crippen molar-refractivity contribution in [3.05, 3.63) is 21.0 Å². The van der Waals surface area contributed by atoms with Gasteiger partial charge in [0.15, 0.2) is 9.84 Å². The number of aromatic nitrogens is 2. The quantitative estimate of drug-likeness (QED) is 0.872. The molecule has 1 N–H and O–H groups in total. The Morgan fingerprint density at radius 3 is 2.89 bits per heavy atom. The van der Waals surface area contributed by atoms with Crippen LogP contribution in [0.1, 0.15) is 13.3 Å². The summed E-state index contributed by atoms with van der Waals surface area (Å²) in [7, 11) is -2.86. The van der Waals surface area contributed by atoms with Crippen molar-refractivity contribution >= 4 is 31.5 Å². The fourth-order valence-electron chi connectivity index (χ4n) is 2.10. The topological polar surface area (TPSA) is 81.1 Å². The van der Waals surface area contributed by atoms with Gasteiger partial charge in [-0.15, -0.1) is 0 Å². The molecule has 2 rings (SSSR count). The molecular weight excluding hydrogens is 334 g/mol. The Bertz CT molecular complexity index is 627. The van der Waals surface area contributed by atoms with Gasteiger partial charge in [-0.25, -0.2) is 13.1 Å². The largest absolute Gasteiger partial charge is 0.382 e. The van der Waals surface area contributed by atoms with E-state index in [1.807, 2.05) is 6.92 Å². The molecule has 1 aromatic rings. The van der Waals surface area contributed by atoms with Crippen molar-refractivity contribution in [1.82, 2.24) is 9.78 Å². The number of hydrogen-bond acceptors (Lipinski definition) is 5. The van der Waals surface area contributed by atoms with Crippen LogP contribution >= 0.6 is 15.9 Å². The fraction of sp³-hybridized carbons (Fsp3) is 0.636. The van der Waals surface area contributed by atoms with E-state index in [1.54, 1.807) is 6.20 Å². The first kappa shape index (κ1) is 14.5. The molecule has 6 nitrogen and oxygen atoms in total. The Kier molecular flexibility index (Phi) is 4.29. The van der Waals surface area contributed by atoms with Gasteiger partial charge >= 0.3 is 0 Å². The summed E-state index contributed by atoms with van der Waals surface area (Å²) >= 11 is 3.25. The fourth-order valence-corrected chi connectivity index (χ4v) is 4.41. The average Bonchev–Trinajstić information content (AvgIpc) is 2.71. The van der Waals surface area contributed by atoms with Gasteiger partial charge in [0.1, 0.15) is 4.47 Å². The first-order valence-corrected chi connectivity index (χ1v) is 8.74. The predicted octanol–water partition coefficient (Wildman–Crippen LogP) is 0.872. The van der Waals surface area contributed by atoms with E-state index in [0.717, 1.165) is 0 Å². The molecule has 1 aliphatic heterocycles.